The van der Waals surface area contributed by atoms with Gasteiger partial charge in [-0.15, -0.1) is 0 Å². The zero-order valence-corrected chi connectivity index (χ0v) is 16.1. The van der Waals surface area contributed by atoms with Crippen LogP contribution in [-0.4, -0.2) is 28.9 Å². The molecule has 28 heavy (non-hydrogen) atoms. The molecule has 7 nitrogen and oxygen atoms in total. The molecule has 0 spiro atoms. The molecule has 1 aliphatic carbocycles. The summed E-state index contributed by atoms with van der Waals surface area (Å²) in [6.45, 7) is 4.60. The molecule has 4 aliphatic rings. The van der Waals surface area contributed by atoms with Crippen molar-refractivity contribution in [3.63, 3.8) is 0 Å². The Kier molecular flexibility index (Phi) is 4.57. The van der Waals surface area contributed by atoms with Gasteiger partial charge < -0.3 is 4.74 Å². The van der Waals surface area contributed by atoms with Gasteiger partial charge in [-0.25, -0.2) is 4.90 Å². The number of ether oxygens (including phenoxy) is 1. The molecule has 2 saturated heterocycles. The number of nitro benzene ring substituents is 1. The summed E-state index contributed by atoms with van der Waals surface area (Å²) in [5.41, 5.74) is 0.713. The topological polar surface area (TPSA) is 89.8 Å². The van der Waals surface area contributed by atoms with Crippen LogP contribution in [0.15, 0.2) is 35.9 Å². The van der Waals surface area contributed by atoms with Gasteiger partial charge in [-0.05, 0) is 25.5 Å². The predicted octanol–water partition coefficient (Wildman–Crippen LogP) is 3.63. The normalized spacial score (nSPS) is 31.1. The second-order valence-electron chi connectivity index (χ2n) is 8.01. The van der Waals surface area contributed by atoms with Gasteiger partial charge in [-0.3, -0.25) is 19.7 Å². The van der Waals surface area contributed by atoms with E-state index in [4.69, 9.17) is 4.74 Å². The van der Waals surface area contributed by atoms with Gasteiger partial charge in [0.2, 0.25) is 11.8 Å². The summed E-state index contributed by atoms with van der Waals surface area (Å²) < 4.78 is 6.18. The van der Waals surface area contributed by atoms with E-state index in [0.717, 1.165) is 31.3 Å². The summed E-state index contributed by atoms with van der Waals surface area (Å²) in [7, 11) is 0. The van der Waals surface area contributed by atoms with Crippen molar-refractivity contribution in [2.75, 3.05) is 11.5 Å². The highest BCUT2D eigenvalue weighted by Gasteiger charge is 2.64. The van der Waals surface area contributed by atoms with E-state index in [-0.39, 0.29) is 23.4 Å². The summed E-state index contributed by atoms with van der Waals surface area (Å²) in [4.78, 5) is 38.2. The maximum absolute atomic E-state index is 13.4. The molecule has 0 N–H and O–H groups in total. The molecule has 3 heterocycles. The Balaban J connectivity index is 1.70. The van der Waals surface area contributed by atoms with Gasteiger partial charge in [0.05, 0.1) is 34.7 Å². The van der Waals surface area contributed by atoms with E-state index < -0.39 is 22.4 Å². The largest absolute Gasteiger partial charge is 0.369 e. The van der Waals surface area contributed by atoms with E-state index in [9.17, 15) is 19.7 Å². The van der Waals surface area contributed by atoms with Crippen molar-refractivity contribution in [2.24, 2.45) is 17.8 Å². The Morgan fingerprint density at radius 3 is 2.54 bits per heavy atom. The maximum Gasteiger partial charge on any atom is 0.269 e. The quantitative estimate of drug-likeness (QED) is 0.246. The van der Waals surface area contributed by atoms with Gasteiger partial charge >= 0.3 is 0 Å². The predicted molar refractivity (Wildman–Crippen MR) is 103 cm³/mol. The van der Waals surface area contributed by atoms with Crippen LogP contribution in [0.4, 0.5) is 11.4 Å². The number of carbonyl (C=O) groups excluding carboxylic acids is 2. The fourth-order valence-electron chi connectivity index (χ4n) is 5.02. The van der Waals surface area contributed by atoms with Crippen molar-refractivity contribution in [1.29, 1.82) is 0 Å². The van der Waals surface area contributed by atoms with Crippen LogP contribution in [0.3, 0.4) is 0 Å². The molecule has 0 aromatic heterocycles. The molecule has 148 valence electrons. The average Bonchev–Trinajstić information content (AvgIpc) is 2.95. The lowest BCUT2D eigenvalue weighted by Crippen LogP contribution is -2.56. The number of imide groups is 1. The van der Waals surface area contributed by atoms with Gasteiger partial charge in [-0.2, -0.15) is 0 Å². The van der Waals surface area contributed by atoms with Gasteiger partial charge in [-0.1, -0.05) is 37.8 Å². The van der Waals surface area contributed by atoms with E-state index in [2.05, 4.69) is 13.0 Å². The second-order valence-corrected chi connectivity index (χ2v) is 8.01. The molecular weight excluding hydrogens is 360 g/mol. The number of carbonyl (C=O) groups is 2. The fourth-order valence-corrected chi connectivity index (χ4v) is 5.02. The molecule has 2 fully saturated rings. The van der Waals surface area contributed by atoms with Gasteiger partial charge in [0.25, 0.3) is 5.69 Å². The molecule has 4 atom stereocenters. The van der Waals surface area contributed by atoms with Crippen LogP contribution >= 0.6 is 0 Å². The second kappa shape index (κ2) is 6.81. The number of rotatable bonds is 6. The summed E-state index contributed by atoms with van der Waals surface area (Å²) in [5, 5.41) is 10.9. The molecule has 3 aliphatic heterocycles. The molecule has 5 rings (SSSR count). The number of nitrogens with zero attached hydrogens (tertiary/aromatic N) is 2. The Hall–Kier alpha value is -2.54. The molecule has 0 radical (unpaired) electrons. The van der Waals surface area contributed by atoms with Crippen LogP contribution in [0.2, 0.25) is 0 Å². The lowest BCUT2D eigenvalue weighted by Gasteiger charge is -2.50. The van der Waals surface area contributed by atoms with E-state index in [1.807, 2.05) is 6.92 Å². The zero-order valence-electron chi connectivity index (χ0n) is 16.1. The minimum Gasteiger partial charge on any atom is -0.369 e. The minimum absolute atomic E-state index is 0.0720. The Labute approximate surface area is 163 Å². The number of hydrogen-bond donors (Lipinski definition) is 0. The van der Waals surface area contributed by atoms with Crippen molar-refractivity contribution in [2.45, 2.75) is 45.1 Å². The molecular formula is C21H24N2O5. The maximum atomic E-state index is 13.4. The number of fused-ring (bicyclic) bond motifs is 1. The van der Waals surface area contributed by atoms with Crippen LogP contribution in [0.1, 0.15) is 39.5 Å². The third kappa shape index (κ3) is 2.68. The van der Waals surface area contributed by atoms with Gasteiger partial charge in [0.1, 0.15) is 0 Å². The number of unbranched alkanes of at least 4 members (excludes halogenated alkanes) is 2. The van der Waals surface area contributed by atoms with Crippen molar-refractivity contribution in [3.8, 4) is 0 Å². The minimum atomic E-state index is -0.721. The number of benzene rings is 1. The highest BCUT2D eigenvalue weighted by atomic mass is 16.6. The number of nitro groups is 1. The van der Waals surface area contributed by atoms with Crippen molar-refractivity contribution < 1.29 is 19.2 Å². The molecule has 0 unspecified atom stereocenters. The summed E-state index contributed by atoms with van der Waals surface area (Å²) in [5.74, 6) is -1.49. The molecule has 2 bridgehead atoms. The van der Waals surface area contributed by atoms with Gasteiger partial charge in [0.15, 0.2) is 0 Å². The number of hydrogen-bond acceptors (Lipinski definition) is 5. The van der Waals surface area contributed by atoms with Crippen LogP contribution in [-0.2, 0) is 14.3 Å². The Morgan fingerprint density at radius 1 is 1.21 bits per heavy atom. The SMILES string of the molecule is CCCCC[C@@]12C=C(C)[C@@H](CO1)[C@@H]1C(=O)N(c3ccc([N+](=O)[O-])cc3)C(=O)[C@@H]12. The first kappa shape index (κ1) is 18.8. The van der Waals surface area contributed by atoms with Crippen molar-refractivity contribution >= 4 is 23.2 Å². The van der Waals surface area contributed by atoms with Crippen LogP contribution in [0, 0.1) is 27.9 Å². The highest BCUT2D eigenvalue weighted by molar-refractivity contribution is 6.23. The van der Waals surface area contributed by atoms with E-state index >= 15 is 0 Å². The summed E-state index contributed by atoms with van der Waals surface area (Å²) >= 11 is 0. The monoisotopic (exact) mass is 384 g/mol. The average molecular weight is 384 g/mol. The Bertz CT molecular complexity index is 862. The van der Waals surface area contributed by atoms with Crippen molar-refractivity contribution in [3.05, 3.63) is 46.0 Å². The number of non-ortho nitro benzene ring substituents is 1. The number of amides is 2. The smallest absolute Gasteiger partial charge is 0.269 e. The van der Waals surface area contributed by atoms with Crippen LogP contribution < -0.4 is 4.90 Å². The molecule has 1 aromatic carbocycles. The summed E-state index contributed by atoms with van der Waals surface area (Å²) in [6, 6.07) is 5.59. The van der Waals surface area contributed by atoms with Gasteiger partial charge in [0, 0.05) is 18.1 Å². The summed E-state index contributed by atoms with van der Waals surface area (Å²) in [6.07, 6.45) is 5.85. The first-order valence-electron chi connectivity index (χ1n) is 9.85. The number of anilines is 1. The third-order valence-corrected chi connectivity index (χ3v) is 6.39. The molecule has 7 heteroatoms. The van der Waals surface area contributed by atoms with E-state index in [1.165, 1.54) is 29.2 Å². The van der Waals surface area contributed by atoms with Crippen LogP contribution in [0.25, 0.3) is 0 Å². The third-order valence-electron chi connectivity index (χ3n) is 6.39. The first-order chi connectivity index (χ1) is 13.4. The first-order valence-corrected chi connectivity index (χ1v) is 9.85. The van der Waals surface area contributed by atoms with E-state index in [1.54, 1.807) is 0 Å². The highest BCUT2D eigenvalue weighted by Crippen LogP contribution is 2.54. The molecule has 2 amide bonds. The standard InChI is InChI=1S/C21H24N2O5/c1-3-4-5-10-21-11-13(2)16(12-28-21)17-18(21)20(25)22(19(17)24)14-6-8-15(9-7-14)23(26)27/h6-9,11,16-18H,3-5,10,12H2,1-2H3/t16-,17+,18-,21+/m1/s1. The molecule has 0 saturated carbocycles. The zero-order chi connectivity index (χ0) is 20.1. The molecule has 1 aromatic rings. The van der Waals surface area contributed by atoms with Crippen molar-refractivity contribution in [1.82, 2.24) is 0 Å². The lowest BCUT2D eigenvalue weighted by molar-refractivity contribution is -0.384. The van der Waals surface area contributed by atoms with E-state index in [0.29, 0.717) is 12.3 Å². The lowest BCUT2D eigenvalue weighted by atomic mass is 9.62. The van der Waals surface area contributed by atoms with Crippen LogP contribution in [0.5, 0.6) is 0 Å². The Morgan fingerprint density at radius 2 is 1.93 bits per heavy atom. The fraction of sp³-hybridized carbons (Fsp3) is 0.524.